The highest BCUT2D eigenvalue weighted by Crippen LogP contribution is 2.13. The molecular weight excluding hydrogens is 336 g/mol. The smallest absolute Gasteiger partial charge is 0.321 e. The zero-order chi connectivity index (χ0) is 18.9. The van der Waals surface area contributed by atoms with Gasteiger partial charge in [0.2, 0.25) is 5.78 Å². The fourth-order valence-corrected chi connectivity index (χ4v) is 2.25. The second-order valence-corrected chi connectivity index (χ2v) is 5.50. The Labute approximate surface area is 151 Å². The third-order valence-corrected chi connectivity index (χ3v) is 3.59. The van der Waals surface area contributed by atoms with E-state index in [2.05, 4.69) is 4.98 Å². The second kappa shape index (κ2) is 9.31. The summed E-state index contributed by atoms with van der Waals surface area (Å²) in [7, 11) is 0. The van der Waals surface area contributed by atoms with Gasteiger partial charge in [0.1, 0.15) is 5.82 Å². The summed E-state index contributed by atoms with van der Waals surface area (Å²) in [5.74, 6) is -2.77. The topological polar surface area (TPSA) is 109 Å². The first kappa shape index (κ1) is 19.1. The van der Waals surface area contributed by atoms with Gasteiger partial charge in [-0.25, -0.2) is 4.98 Å². The van der Waals surface area contributed by atoms with Crippen LogP contribution in [0, 0.1) is 5.92 Å². The quantitative estimate of drug-likeness (QED) is 0.436. The molecule has 7 nitrogen and oxygen atoms in total. The Hall–Kier alpha value is -3.22. The van der Waals surface area contributed by atoms with Crippen LogP contribution in [0.1, 0.15) is 22.8 Å². The zero-order valence-corrected chi connectivity index (χ0v) is 14.4. The van der Waals surface area contributed by atoms with Crippen molar-refractivity contribution in [1.82, 2.24) is 4.98 Å². The molecule has 2 N–H and O–H groups in total. The fourth-order valence-electron chi connectivity index (χ4n) is 2.25. The molecule has 0 spiro atoms. The summed E-state index contributed by atoms with van der Waals surface area (Å²) in [6, 6.07) is 12.0. The largest absolute Gasteiger partial charge is 0.465 e. The minimum atomic E-state index is -1.13. The number of ketones is 1. The average molecular weight is 356 g/mol. The number of rotatable bonds is 8. The van der Waals surface area contributed by atoms with Gasteiger partial charge in [0.15, 0.2) is 12.5 Å². The van der Waals surface area contributed by atoms with E-state index in [1.165, 1.54) is 18.3 Å². The van der Waals surface area contributed by atoms with Gasteiger partial charge in [-0.3, -0.25) is 14.4 Å². The lowest BCUT2D eigenvalue weighted by molar-refractivity contribution is -0.161. The van der Waals surface area contributed by atoms with Crippen molar-refractivity contribution >= 4 is 23.5 Å². The summed E-state index contributed by atoms with van der Waals surface area (Å²) in [5, 5.41) is 0. The minimum absolute atomic E-state index is 0.135. The first-order valence-electron chi connectivity index (χ1n) is 8.13. The Morgan fingerprint density at radius 1 is 1.04 bits per heavy atom. The number of nitrogens with zero attached hydrogens (tertiary/aromatic N) is 1. The molecule has 1 aromatic heterocycles. The number of hydrogen-bond donors (Lipinski definition) is 1. The number of Topliss-reactive ketones (excluding diaryl/α,β-unsaturated/α-hetero) is 1. The molecule has 1 atom stereocenters. The lowest BCUT2D eigenvalue weighted by Crippen LogP contribution is -2.31. The van der Waals surface area contributed by atoms with Crippen molar-refractivity contribution in [2.75, 3.05) is 18.9 Å². The maximum atomic E-state index is 12.3. The molecule has 2 aromatic rings. The molecule has 1 heterocycles. The molecule has 2 rings (SSSR count). The van der Waals surface area contributed by atoms with E-state index < -0.39 is 30.2 Å². The van der Waals surface area contributed by atoms with Gasteiger partial charge in [0, 0.05) is 11.8 Å². The zero-order valence-electron chi connectivity index (χ0n) is 14.4. The number of esters is 2. The Balaban J connectivity index is 2.02. The molecule has 26 heavy (non-hydrogen) atoms. The molecule has 0 radical (unpaired) electrons. The van der Waals surface area contributed by atoms with Gasteiger partial charge in [-0.2, -0.15) is 0 Å². The summed E-state index contributed by atoms with van der Waals surface area (Å²) in [6.07, 6.45) is 1.44. The SMILES string of the molecule is CCOC(=O)C(Cc1ccccc1)C(=O)OCC(=O)c1ccc(N)nc1. The summed E-state index contributed by atoms with van der Waals surface area (Å²) in [4.78, 5) is 40.3. The van der Waals surface area contributed by atoms with Crippen molar-refractivity contribution in [3.63, 3.8) is 0 Å². The summed E-state index contributed by atoms with van der Waals surface area (Å²) in [5.41, 5.74) is 6.52. The predicted octanol–water partition coefficient (Wildman–Crippen LogP) is 1.81. The van der Waals surface area contributed by atoms with E-state index in [4.69, 9.17) is 15.2 Å². The highest BCUT2D eigenvalue weighted by atomic mass is 16.6. The predicted molar refractivity (Wildman–Crippen MR) is 94.2 cm³/mol. The normalized spacial score (nSPS) is 11.4. The number of nitrogens with two attached hydrogens (primary N) is 1. The third-order valence-electron chi connectivity index (χ3n) is 3.59. The van der Waals surface area contributed by atoms with Crippen LogP contribution < -0.4 is 5.73 Å². The monoisotopic (exact) mass is 356 g/mol. The molecular formula is C19H20N2O5. The van der Waals surface area contributed by atoms with Crippen LogP contribution in [0.2, 0.25) is 0 Å². The van der Waals surface area contributed by atoms with Gasteiger partial charge in [0.25, 0.3) is 0 Å². The molecule has 0 aliphatic heterocycles. The maximum absolute atomic E-state index is 12.3. The van der Waals surface area contributed by atoms with Crippen molar-refractivity contribution in [2.24, 2.45) is 5.92 Å². The standard InChI is InChI=1S/C19H20N2O5/c1-2-25-18(23)15(10-13-6-4-3-5-7-13)19(24)26-12-16(22)14-8-9-17(20)21-11-14/h3-9,11,15H,2,10,12H2,1H3,(H2,20,21). The molecule has 0 fully saturated rings. The van der Waals surface area contributed by atoms with Crippen LogP contribution >= 0.6 is 0 Å². The van der Waals surface area contributed by atoms with Gasteiger partial charge in [-0.05, 0) is 31.0 Å². The van der Waals surface area contributed by atoms with Crippen LogP contribution in [-0.2, 0) is 25.5 Å². The molecule has 0 aliphatic carbocycles. The third kappa shape index (κ3) is 5.41. The van der Waals surface area contributed by atoms with Crippen LogP contribution in [0.3, 0.4) is 0 Å². The van der Waals surface area contributed by atoms with Crippen LogP contribution in [0.25, 0.3) is 0 Å². The first-order valence-corrected chi connectivity index (χ1v) is 8.13. The van der Waals surface area contributed by atoms with Crippen LogP contribution in [-0.4, -0.2) is 35.9 Å². The van der Waals surface area contributed by atoms with Gasteiger partial charge in [-0.1, -0.05) is 30.3 Å². The number of benzene rings is 1. The van der Waals surface area contributed by atoms with Gasteiger partial charge in [-0.15, -0.1) is 0 Å². The number of pyridine rings is 1. The number of nitrogen functional groups attached to an aromatic ring is 1. The van der Waals surface area contributed by atoms with Crippen LogP contribution in [0.4, 0.5) is 5.82 Å². The number of carbonyl (C=O) groups excluding carboxylic acids is 3. The number of carbonyl (C=O) groups is 3. The fraction of sp³-hybridized carbons (Fsp3) is 0.263. The van der Waals surface area contributed by atoms with E-state index in [0.717, 1.165) is 5.56 Å². The van der Waals surface area contributed by atoms with Crippen molar-refractivity contribution in [3.8, 4) is 0 Å². The molecule has 0 bridgehead atoms. The lowest BCUT2D eigenvalue weighted by atomic mass is 9.99. The number of anilines is 1. The minimum Gasteiger partial charge on any atom is -0.465 e. The molecule has 136 valence electrons. The van der Waals surface area contributed by atoms with E-state index in [9.17, 15) is 14.4 Å². The van der Waals surface area contributed by atoms with E-state index in [1.807, 2.05) is 6.07 Å². The summed E-state index contributed by atoms with van der Waals surface area (Å²) in [6.45, 7) is 1.31. The Bertz CT molecular complexity index is 759. The molecule has 1 unspecified atom stereocenters. The Kier molecular flexibility index (Phi) is 6.84. The van der Waals surface area contributed by atoms with Crippen molar-refractivity contribution in [1.29, 1.82) is 0 Å². The molecule has 1 aromatic carbocycles. The highest BCUT2D eigenvalue weighted by molar-refractivity contribution is 6.00. The van der Waals surface area contributed by atoms with Crippen LogP contribution in [0.15, 0.2) is 48.7 Å². The van der Waals surface area contributed by atoms with Gasteiger partial charge >= 0.3 is 11.9 Å². The molecule has 0 amide bonds. The molecule has 7 heteroatoms. The number of hydrogen-bond acceptors (Lipinski definition) is 7. The van der Waals surface area contributed by atoms with Crippen molar-refractivity contribution in [3.05, 3.63) is 59.8 Å². The van der Waals surface area contributed by atoms with Crippen molar-refractivity contribution < 1.29 is 23.9 Å². The van der Waals surface area contributed by atoms with E-state index in [0.29, 0.717) is 0 Å². The molecule has 0 aliphatic rings. The van der Waals surface area contributed by atoms with Crippen molar-refractivity contribution in [2.45, 2.75) is 13.3 Å². The van der Waals surface area contributed by atoms with E-state index >= 15 is 0 Å². The molecule has 0 saturated heterocycles. The average Bonchev–Trinajstić information content (AvgIpc) is 2.65. The second-order valence-electron chi connectivity index (χ2n) is 5.50. The summed E-state index contributed by atoms with van der Waals surface area (Å²) < 4.78 is 10.00. The first-order chi connectivity index (χ1) is 12.5. The maximum Gasteiger partial charge on any atom is 0.321 e. The Morgan fingerprint density at radius 2 is 1.73 bits per heavy atom. The molecule has 0 saturated carbocycles. The lowest BCUT2D eigenvalue weighted by Gasteiger charge is -2.14. The van der Waals surface area contributed by atoms with Gasteiger partial charge in [0.05, 0.1) is 6.61 Å². The van der Waals surface area contributed by atoms with Crippen LogP contribution in [0.5, 0.6) is 0 Å². The highest BCUT2D eigenvalue weighted by Gasteiger charge is 2.30. The summed E-state index contributed by atoms with van der Waals surface area (Å²) >= 11 is 0. The number of aromatic nitrogens is 1. The van der Waals surface area contributed by atoms with E-state index in [-0.39, 0.29) is 24.4 Å². The van der Waals surface area contributed by atoms with E-state index in [1.54, 1.807) is 31.2 Å². The number of ether oxygens (including phenoxy) is 2. The van der Waals surface area contributed by atoms with Gasteiger partial charge < -0.3 is 15.2 Å². The Morgan fingerprint density at radius 3 is 2.35 bits per heavy atom.